The van der Waals surface area contributed by atoms with Crippen molar-refractivity contribution in [1.29, 1.82) is 0 Å². The molecule has 1 atom stereocenters. The summed E-state index contributed by atoms with van der Waals surface area (Å²) in [5, 5.41) is 10.3. The zero-order valence-corrected chi connectivity index (χ0v) is 11.5. The number of benzene rings is 1. The van der Waals surface area contributed by atoms with E-state index in [1.54, 1.807) is 30.3 Å². The molecule has 0 spiro atoms. The zero-order chi connectivity index (χ0) is 15.6. The molecule has 110 valence electrons. The molecule has 1 aromatic heterocycles. The smallest absolute Gasteiger partial charge is 0.331 e. The topological polar surface area (TPSA) is 101 Å². The van der Waals surface area contributed by atoms with Crippen molar-refractivity contribution < 1.29 is 14.6 Å². The highest BCUT2D eigenvalue weighted by molar-refractivity contribution is 5.75. The number of aromatic nitrogens is 2. The Morgan fingerprint density at radius 1 is 1.29 bits per heavy atom. The van der Waals surface area contributed by atoms with E-state index < -0.39 is 29.1 Å². The highest BCUT2D eigenvalue weighted by Crippen LogP contribution is 2.25. The maximum atomic E-state index is 11.9. The number of carbonyl (C=O) groups is 1. The van der Waals surface area contributed by atoms with E-state index >= 15 is 0 Å². The fraction of sp³-hybridized carbons (Fsp3) is 0.214. The van der Waals surface area contributed by atoms with Crippen LogP contribution in [-0.2, 0) is 9.53 Å². The summed E-state index contributed by atoms with van der Waals surface area (Å²) < 4.78 is 5.34. The van der Waals surface area contributed by atoms with Crippen molar-refractivity contribution in [2.75, 3.05) is 7.11 Å². The predicted octanol–water partition coefficient (Wildman–Crippen LogP) is 0.643. The summed E-state index contributed by atoms with van der Waals surface area (Å²) in [6, 6.07) is 7.29. The van der Waals surface area contributed by atoms with Gasteiger partial charge < -0.3 is 9.84 Å². The fourth-order valence-corrected chi connectivity index (χ4v) is 2.04. The number of nitrogens with one attached hydrogen (secondary N) is 1. The third-order valence-electron chi connectivity index (χ3n) is 3.11. The number of hydrogen-bond acceptors (Lipinski definition) is 5. The average Bonchev–Trinajstić information content (AvgIpc) is 2.46. The largest absolute Gasteiger partial charge is 0.494 e. The summed E-state index contributed by atoms with van der Waals surface area (Å²) in [6.07, 6.45) is 0. The number of hydrogen-bond donors (Lipinski definition) is 2. The molecule has 0 fully saturated rings. The average molecular weight is 290 g/mol. The molecule has 0 aliphatic carbocycles. The van der Waals surface area contributed by atoms with Crippen LogP contribution in [0, 0.1) is 0 Å². The van der Waals surface area contributed by atoms with Gasteiger partial charge in [0.25, 0.3) is 5.56 Å². The highest BCUT2D eigenvalue weighted by atomic mass is 16.5. The van der Waals surface area contributed by atoms with Crippen LogP contribution in [0.4, 0.5) is 0 Å². The normalized spacial score (nSPS) is 11.9. The summed E-state index contributed by atoms with van der Waals surface area (Å²) in [5.74, 6) is -1.29. The minimum atomic E-state index is -1.07. The molecule has 2 N–H and O–H groups in total. The van der Waals surface area contributed by atoms with Gasteiger partial charge >= 0.3 is 11.7 Å². The number of H-pyrrole nitrogens is 1. The van der Waals surface area contributed by atoms with Gasteiger partial charge in [-0.15, -0.1) is 0 Å². The third-order valence-corrected chi connectivity index (χ3v) is 3.11. The van der Waals surface area contributed by atoms with E-state index in [0.29, 0.717) is 5.56 Å². The lowest BCUT2D eigenvalue weighted by molar-refractivity contribution is -0.144. The van der Waals surface area contributed by atoms with Gasteiger partial charge in [-0.1, -0.05) is 30.3 Å². The Kier molecular flexibility index (Phi) is 3.93. The Bertz CT molecular complexity index is 776. The molecule has 0 saturated heterocycles. The van der Waals surface area contributed by atoms with Crippen LogP contribution in [0.25, 0.3) is 11.1 Å². The molecule has 0 saturated carbocycles. The molecule has 0 radical (unpaired) electrons. The SMILES string of the molecule is COC(=O)C(C)n1c(O)c(-c2ccccc2)c(=O)[nH]c1=O. The molecule has 0 aliphatic heterocycles. The first-order valence-electron chi connectivity index (χ1n) is 6.18. The first-order valence-corrected chi connectivity index (χ1v) is 6.18. The molecule has 21 heavy (non-hydrogen) atoms. The Hall–Kier alpha value is -2.83. The van der Waals surface area contributed by atoms with Gasteiger partial charge in [0.1, 0.15) is 11.6 Å². The number of aromatic amines is 1. The van der Waals surface area contributed by atoms with Gasteiger partial charge in [0.05, 0.1) is 7.11 Å². The minimum absolute atomic E-state index is 0.0778. The standard InChI is InChI=1S/C14H14N2O5/c1-8(13(19)21-2)16-12(18)10(11(17)15-14(16)20)9-6-4-3-5-7-9/h3-8,18H,1-2H3,(H,15,17,20). The maximum absolute atomic E-state index is 11.9. The second kappa shape index (κ2) is 5.66. The summed E-state index contributed by atoms with van der Waals surface area (Å²) >= 11 is 0. The maximum Gasteiger partial charge on any atom is 0.331 e. The van der Waals surface area contributed by atoms with Gasteiger partial charge in [-0.2, -0.15) is 0 Å². The summed E-state index contributed by atoms with van der Waals surface area (Å²) in [4.78, 5) is 37.4. The van der Waals surface area contributed by atoms with Crippen molar-refractivity contribution in [3.05, 3.63) is 51.2 Å². The van der Waals surface area contributed by atoms with Crippen LogP contribution in [0.3, 0.4) is 0 Å². The number of rotatable bonds is 3. The second-order valence-electron chi connectivity index (χ2n) is 4.39. The van der Waals surface area contributed by atoms with E-state index in [9.17, 15) is 19.5 Å². The van der Waals surface area contributed by atoms with Crippen molar-refractivity contribution in [2.24, 2.45) is 0 Å². The van der Waals surface area contributed by atoms with Crippen molar-refractivity contribution in [3.8, 4) is 17.0 Å². The van der Waals surface area contributed by atoms with Crippen LogP contribution in [0.15, 0.2) is 39.9 Å². The van der Waals surface area contributed by atoms with Gasteiger partial charge in [-0.25, -0.2) is 14.2 Å². The van der Waals surface area contributed by atoms with Crippen LogP contribution >= 0.6 is 0 Å². The highest BCUT2D eigenvalue weighted by Gasteiger charge is 2.24. The van der Waals surface area contributed by atoms with E-state index in [-0.39, 0.29) is 5.56 Å². The number of nitrogens with zero attached hydrogens (tertiary/aromatic N) is 1. The van der Waals surface area contributed by atoms with Gasteiger partial charge in [-0.05, 0) is 12.5 Å². The van der Waals surface area contributed by atoms with Crippen LogP contribution in [-0.4, -0.2) is 27.7 Å². The van der Waals surface area contributed by atoms with Crippen molar-refractivity contribution >= 4 is 5.97 Å². The summed E-state index contributed by atoms with van der Waals surface area (Å²) in [5.41, 5.74) is -1.25. The first-order chi connectivity index (χ1) is 9.97. The lowest BCUT2D eigenvalue weighted by Gasteiger charge is -2.16. The second-order valence-corrected chi connectivity index (χ2v) is 4.39. The summed E-state index contributed by atoms with van der Waals surface area (Å²) in [7, 11) is 1.17. The first kappa shape index (κ1) is 14.6. The molecular formula is C14H14N2O5. The fourth-order valence-electron chi connectivity index (χ4n) is 2.04. The van der Waals surface area contributed by atoms with E-state index in [1.807, 2.05) is 0 Å². The summed E-state index contributed by atoms with van der Waals surface area (Å²) in [6.45, 7) is 1.39. The zero-order valence-electron chi connectivity index (χ0n) is 11.5. The molecule has 1 unspecified atom stereocenters. The minimum Gasteiger partial charge on any atom is -0.494 e. The number of carbonyl (C=O) groups excluding carboxylic acids is 1. The predicted molar refractivity (Wildman–Crippen MR) is 75.2 cm³/mol. The molecular weight excluding hydrogens is 276 g/mol. The molecule has 1 aromatic carbocycles. The quantitative estimate of drug-likeness (QED) is 0.808. The molecule has 0 amide bonds. The van der Waals surface area contributed by atoms with Crippen LogP contribution in [0.2, 0.25) is 0 Å². The van der Waals surface area contributed by atoms with Crippen LogP contribution in [0.5, 0.6) is 5.88 Å². The van der Waals surface area contributed by atoms with Crippen molar-refractivity contribution in [2.45, 2.75) is 13.0 Å². The van der Waals surface area contributed by atoms with Gasteiger partial charge in [0.2, 0.25) is 5.88 Å². The number of ether oxygens (including phenoxy) is 1. The Morgan fingerprint density at radius 2 is 1.90 bits per heavy atom. The number of methoxy groups -OCH3 is 1. The van der Waals surface area contributed by atoms with Crippen molar-refractivity contribution in [1.82, 2.24) is 9.55 Å². The van der Waals surface area contributed by atoms with E-state index in [2.05, 4.69) is 9.72 Å². The van der Waals surface area contributed by atoms with Crippen LogP contribution in [0.1, 0.15) is 13.0 Å². The van der Waals surface area contributed by atoms with Gasteiger partial charge in [0, 0.05) is 0 Å². The Labute approximate surface area is 119 Å². The molecule has 0 aliphatic rings. The number of esters is 1. The van der Waals surface area contributed by atoms with Gasteiger partial charge in [0.15, 0.2) is 0 Å². The van der Waals surface area contributed by atoms with Crippen LogP contribution < -0.4 is 11.2 Å². The Morgan fingerprint density at radius 3 is 2.48 bits per heavy atom. The number of aromatic hydroxyl groups is 1. The van der Waals surface area contributed by atoms with Crippen molar-refractivity contribution in [3.63, 3.8) is 0 Å². The third kappa shape index (κ3) is 2.58. The molecule has 2 rings (SSSR count). The molecule has 7 heteroatoms. The van der Waals surface area contributed by atoms with E-state index in [0.717, 1.165) is 4.57 Å². The molecule has 0 bridgehead atoms. The van der Waals surface area contributed by atoms with Gasteiger partial charge in [-0.3, -0.25) is 9.78 Å². The van der Waals surface area contributed by atoms with E-state index in [1.165, 1.54) is 14.0 Å². The molecule has 2 aromatic rings. The Balaban J connectivity index is 2.73. The molecule has 1 heterocycles. The lowest BCUT2D eigenvalue weighted by Crippen LogP contribution is -2.35. The monoisotopic (exact) mass is 290 g/mol. The van der Waals surface area contributed by atoms with E-state index in [4.69, 9.17) is 0 Å². The lowest BCUT2D eigenvalue weighted by atomic mass is 10.1. The molecule has 7 nitrogen and oxygen atoms in total.